The van der Waals surface area contributed by atoms with Crippen LogP contribution in [0, 0.1) is 11.2 Å². The Balaban J connectivity index is 1.67. The monoisotopic (exact) mass is 387 g/mol. The summed E-state index contributed by atoms with van der Waals surface area (Å²) >= 11 is 0. The van der Waals surface area contributed by atoms with Gasteiger partial charge in [-0.1, -0.05) is 13.8 Å². The maximum Gasteiger partial charge on any atom is 0.262 e. The van der Waals surface area contributed by atoms with Gasteiger partial charge in [-0.15, -0.1) is 0 Å². The molecule has 0 radical (unpaired) electrons. The summed E-state index contributed by atoms with van der Waals surface area (Å²) in [5.41, 5.74) is 0.405. The summed E-state index contributed by atoms with van der Waals surface area (Å²) in [4.78, 5) is 51.9. The molecule has 4 rings (SSSR count). The fourth-order valence-electron chi connectivity index (χ4n) is 4.35. The highest BCUT2D eigenvalue weighted by molar-refractivity contribution is 6.23. The molecule has 2 fully saturated rings. The molecular formula is C20H22FN3O4. The topological polar surface area (TPSA) is 86.8 Å². The Hall–Kier alpha value is -2.77. The van der Waals surface area contributed by atoms with Crippen LogP contribution in [0.25, 0.3) is 0 Å². The molecule has 0 bridgehead atoms. The van der Waals surface area contributed by atoms with Crippen LogP contribution in [0.1, 0.15) is 60.2 Å². The molecule has 1 N–H and O–H groups in total. The molecule has 1 aromatic carbocycles. The second kappa shape index (κ2) is 6.39. The predicted molar refractivity (Wildman–Crippen MR) is 98.3 cm³/mol. The van der Waals surface area contributed by atoms with E-state index in [1.165, 1.54) is 6.07 Å². The zero-order valence-electron chi connectivity index (χ0n) is 15.9. The molecule has 7 nitrogen and oxygen atoms in total. The Kier molecular flexibility index (Phi) is 4.24. The molecule has 3 aliphatic rings. The van der Waals surface area contributed by atoms with Gasteiger partial charge in [0.25, 0.3) is 11.8 Å². The Morgan fingerprint density at radius 2 is 1.79 bits per heavy atom. The number of rotatable bonds is 2. The molecule has 2 saturated heterocycles. The van der Waals surface area contributed by atoms with Gasteiger partial charge in [-0.05, 0) is 36.8 Å². The van der Waals surface area contributed by atoms with E-state index < -0.39 is 35.5 Å². The molecule has 4 amide bonds. The molecule has 1 aromatic rings. The van der Waals surface area contributed by atoms with Gasteiger partial charge in [0, 0.05) is 19.5 Å². The number of hydrogen-bond acceptors (Lipinski definition) is 5. The van der Waals surface area contributed by atoms with Crippen LogP contribution in [-0.2, 0) is 9.59 Å². The summed E-state index contributed by atoms with van der Waals surface area (Å²) in [7, 11) is 0. The largest absolute Gasteiger partial charge is 0.369 e. The number of nitrogens with one attached hydrogen (secondary N) is 1. The molecule has 1 unspecified atom stereocenters. The third kappa shape index (κ3) is 2.96. The normalized spacial score (nSPS) is 24.5. The number of halogens is 1. The van der Waals surface area contributed by atoms with Crippen LogP contribution in [0.5, 0.6) is 0 Å². The van der Waals surface area contributed by atoms with Crippen molar-refractivity contribution in [1.29, 1.82) is 0 Å². The van der Waals surface area contributed by atoms with Crippen molar-refractivity contribution in [1.82, 2.24) is 10.2 Å². The number of fused-ring (bicyclic) bond motifs is 1. The highest BCUT2D eigenvalue weighted by Gasteiger charge is 2.45. The smallest absolute Gasteiger partial charge is 0.262 e. The van der Waals surface area contributed by atoms with Gasteiger partial charge in [-0.3, -0.25) is 29.4 Å². The number of carbonyl (C=O) groups excluding carboxylic acids is 4. The van der Waals surface area contributed by atoms with Gasteiger partial charge in [0.2, 0.25) is 11.8 Å². The van der Waals surface area contributed by atoms with E-state index >= 15 is 0 Å². The molecule has 3 aliphatic heterocycles. The number of hydrogen-bond donors (Lipinski definition) is 1. The van der Waals surface area contributed by atoms with Crippen molar-refractivity contribution in [3.8, 4) is 0 Å². The Morgan fingerprint density at radius 1 is 1.11 bits per heavy atom. The molecule has 1 atom stereocenters. The quantitative estimate of drug-likeness (QED) is 0.783. The predicted octanol–water partition coefficient (Wildman–Crippen LogP) is 1.85. The average molecular weight is 387 g/mol. The minimum Gasteiger partial charge on any atom is -0.369 e. The maximum atomic E-state index is 14.8. The first-order chi connectivity index (χ1) is 13.2. The number of carbonyl (C=O) groups is 4. The first-order valence-corrected chi connectivity index (χ1v) is 9.48. The fourth-order valence-corrected chi connectivity index (χ4v) is 4.35. The number of amides is 4. The Labute approximate surface area is 161 Å². The van der Waals surface area contributed by atoms with Gasteiger partial charge in [0.05, 0.1) is 16.8 Å². The van der Waals surface area contributed by atoms with E-state index in [0.29, 0.717) is 18.8 Å². The number of imide groups is 2. The summed E-state index contributed by atoms with van der Waals surface area (Å²) in [5.74, 6) is -2.98. The van der Waals surface area contributed by atoms with Gasteiger partial charge in [-0.2, -0.15) is 0 Å². The third-order valence-electron chi connectivity index (χ3n) is 5.75. The lowest BCUT2D eigenvalue weighted by Gasteiger charge is -2.39. The number of piperidine rings is 2. The number of anilines is 1. The van der Waals surface area contributed by atoms with Gasteiger partial charge in [-0.25, -0.2) is 4.39 Å². The summed E-state index contributed by atoms with van der Waals surface area (Å²) in [5, 5.41) is 2.15. The number of nitrogens with zero attached hydrogens (tertiary/aromatic N) is 2. The number of benzene rings is 1. The summed E-state index contributed by atoms with van der Waals surface area (Å²) in [6, 6.07) is 1.47. The van der Waals surface area contributed by atoms with E-state index in [9.17, 15) is 23.6 Å². The van der Waals surface area contributed by atoms with Crippen LogP contribution in [0.15, 0.2) is 12.1 Å². The highest BCUT2D eigenvalue weighted by Crippen LogP contribution is 2.36. The van der Waals surface area contributed by atoms with Crippen LogP contribution in [0.4, 0.5) is 10.1 Å². The van der Waals surface area contributed by atoms with Crippen LogP contribution in [-0.4, -0.2) is 47.7 Å². The first-order valence-electron chi connectivity index (χ1n) is 9.48. The lowest BCUT2D eigenvalue weighted by molar-refractivity contribution is -0.136. The van der Waals surface area contributed by atoms with Crippen LogP contribution < -0.4 is 10.2 Å². The van der Waals surface area contributed by atoms with Crippen LogP contribution in [0.2, 0.25) is 0 Å². The summed E-state index contributed by atoms with van der Waals surface area (Å²) in [6.07, 6.45) is 2.08. The molecule has 8 heteroatoms. The lowest BCUT2D eigenvalue weighted by Crippen LogP contribution is -2.54. The molecular weight excluding hydrogens is 365 g/mol. The van der Waals surface area contributed by atoms with Crippen molar-refractivity contribution in [2.75, 3.05) is 18.0 Å². The minimum absolute atomic E-state index is 0.0301. The molecule has 0 spiro atoms. The van der Waals surface area contributed by atoms with E-state index in [-0.39, 0.29) is 29.4 Å². The highest BCUT2D eigenvalue weighted by atomic mass is 19.1. The zero-order valence-corrected chi connectivity index (χ0v) is 15.9. The van der Waals surface area contributed by atoms with Gasteiger partial charge >= 0.3 is 0 Å². The van der Waals surface area contributed by atoms with E-state index in [1.54, 1.807) is 0 Å². The Bertz CT molecular complexity index is 911. The lowest BCUT2D eigenvalue weighted by atomic mass is 9.84. The molecule has 0 saturated carbocycles. The van der Waals surface area contributed by atoms with Crippen molar-refractivity contribution >= 4 is 29.3 Å². The SMILES string of the molecule is CC1(C)CCCN(c2cc3c(cc2F)C(=O)N(C2CCC(=O)NC2=O)C3=O)C1. The molecule has 28 heavy (non-hydrogen) atoms. The van der Waals surface area contributed by atoms with Crippen LogP contribution in [0.3, 0.4) is 0 Å². The molecule has 148 valence electrons. The van der Waals surface area contributed by atoms with E-state index in [1.807, 2.05) is 4.90 Å². The van der Waals surface area contributed by atoms with E-state index in [4.69, 9.17) is 0 Å². The van der Waals surface area contributed by atoms with Crippen molar-refractivity contribution < 1.29 is 23.6 Å². The van der Waals surface area contributed by atoms with Crippen molar-refractivity contribution in [2.24, 2.45) is 5.41 Å². The second-order valence-electron chi connectivity index (χ2n) is 8.49. The van der Waals surface area contributed by atoms with Crippen molar-refractivity contribution in [3.05, 3.63) is 29.1 Å². The van der Waals surface area contributed by atoms with Gasteiger partial charge in [0.15, 0.2) is 0 Å². The second-order valence-corrected chi connectivity index (χ2v) is 8.49. The summed E-state index contributed by atoms with van der Waals surface area (Å²) < 4.78 is 14.8. The van der Waals surface area contributed by atoms with Crippen molar-refractivity contribution in [3.63, 3.8) is 0 Å². The third-order valence-corrected chi connectivity index (χ3v) is 5.75. The zero-order chi connectivity index (χ0) is 20.2. The fraction of sp³-hybridized carbons (Fsp3) is 0.500. The first kappa shape index (κ1) is 18.6. The average Bonchev–Trinajstić information content (AvgIpc) is 2.84. The summed E-state index contributed by atoms with van der Waals surface area (Å²) in [6.45, 7) is 5.56. The minimum atomic E-state index is -1.05. The van der Waals surface area contributed by atoms with Crippen molar-refractivity contribution in [2.45, 2.75) is 45.6 Å². The Morgan fingerprint density at radius 3 is 2.43 bits per heavy atom. The van der Waals surface area contributed by atoms with Gasteiger partial charge < -0.3 is 4.90 Å². The van der Waals surface area contributed by atoms with E-state index in [0.717, 1.165) is 23.8 Å². The van der Waals surface area contributed by atoms with Gasteiger partial charge in [0.1, 0.15) is 11.9 Å². The molecule has 3 heterocycles. The molecule has 0 aliphatic carbocycles. The van der Waals surface area contributed by atoms with Crippen LogP contribution >= 0.6 is 0 Å². The molecule has 0 aromatic heterocycles. The maximum absolute atomic E-state index is 14.8. The van der Waals surface area contributed by atoms with E-state index in [2.05, 4.69) is 19.2 Å². The standard InChI is InChI=1S/C20H22FN3O4/c1-20(2)6-3-7-23(10-20)15-9-12-11(8-13(15)21)18(27)24(19(12)28)14-4-5-16(25)22-17(14)26/h8-9,14H,3-7,10H2,1-2H3,(H,22,25,26).